The van der Waals surface area contributed by atoms with Crippen molar-refractivity contribution in [2.24, 2.45) is 0 Å². The highest BCUT2D eigenvalue weighted by molar-refractivity contribution is 5.18. The third-order valence-corrected chi connectivity index (χ3v) is 3.04. The Morgan fingerprint density at radius 1 is 1.38 bits per heavy atom. The summed E-state index contributed by atoms with van der Waals surface area (Å²) in [6.07, 6.45) is 3.56. The fourth-order valence-electron chi connectivity index (χ4n) is 2.07. The molecule has 0 amide bonds. The van der Waals surface area contributed by atoms with Crippen molar-refractivity contribution >= 4 is 0 Å². The van der Waals surface area contributed by atoms with E-state index in [4.69, 9.17) is 4.74 Å². The molecule has 1 fully saturated rings. The fourth-order valence-corrected chi connectivity index (χ4v) is 2.07. The third-order valence-electron chi connectivity index (χ3n) is 3.04. The van der Waals surface area contributed by atoms with Crippen molar-refractivity contribution < 1.29 is 14.2 Å². The Labute approximate surface area is 95.1 Å². The topological polar surface area (TPSA) is 29.5 Å². The molecule has 2 nitrogen and oxygen atoms in total. The van der Waals surface area contributed by atoms with Crippen LogP contribution in [-0.4, -0.2) is 17.8 Å². The monoisotopic (exact) mass is 224 g/mol. The van der Waals surface area contributed by atoms with Crippen LogP contribution in [0.2, 0.25) is 0 Å². The molecule has 16 heavy (non-hydrogen) atoms. The Bertz CT molecular complexity index is 317. The predicted octanol–water partition coefficient (Wildman–Crippen LogP) is 2.82. The van der Waals surface area contributed by atoms with E-state index in [9.17, 15) is 9.50 Å². The van der Waals surface area contributed by atoms with Gasteiger partial charge in [0.2, 0.25) is 0 Å². The molecule has 0 bridgehead atoms. The highest BCUT2D eigenvalue weighted by atomic mass is 19.1. The standard InChI is InChI=1S/C13H17FO2/c14-11-5-3-10(4-6-11)13(15)8-7-12-2-1-9-16-12/h3-6,12-13,15H,1-2,7-9H2. The molecule has 1 N–H and O–H groups in total. The van der Waals surface area contributed by atoms with E-state index in [1.54, 1.807) is 12.1 Å². The second-order valence-corrected chi connectivity index (χ2v) is 4.28. The van der Waals surface area contributed by atoms with Crippen LogP contribution in [0.25, 0.3) is 0 Å². The van der Waals surface area contributed by atoms with Gasteiger partial charge in [0.15, 0.2) is 0 Å². The molecule has 0 radical (unpaired) electrons. The second kappa shape index (κ2) is 5.41. The molecule has 88 valence electrons. The van der Waals surface area contributed by atoms with Crippen LogP contribution in [0.4, 0.5) is 4.39 Å². The number of hydrogen-bond acceptors (Lipinski definition) is 2. The van der Waals surface area contributed by atoms with E-state index in [0.29, 0.717) is 12.5 Å². The van der Waals surface area contributed by atoms with Crippen LogP contribution >= 0.6 is 0 Å². The number of hydrogen-bond donors (Lipinski definition) is 1. The first kappa shape index (κ1) is 11.6. The molecule has 1 aliphatic rings. The summed E-state index contributed by atoms with van der Waals surface area (Å²) in [6, 6.07) is 6.03. The van der Waals surface area contributed by atoms with Crippen LogP contribution in [0.5, 0.6) is 0 Å². The lowest BCUT2D eigenvalue weighted by Gasteiger charge is -2.14. The zero-order valence-electron chi connectivity index (χ0n) is 9.23. The largest absolute Gasteiger partial charge is 0.388 e. The summed E-state index contributed by atoms with van der Waals surface area (Å²) in [5.74, 6) is -0.268. The van der Waals surface area contributed by atoms with Crippen molar-refractivity contribution in [3.8, 4) is 0 Å². The Hall–Kier alpha value is -0.930. The molecule has 3 heteroatoms. The minimum Gasteiger partial charge on any atom is -0.388 e. The van der Waals surface area contributed by atoms with E-state index in [1.165, 1.54) is 12.1 Å². The maximum absolute atomic E-state index is 12.7. The summed E-state index contributed by atoms with van der Waals surface area (Å²) in [7, 11) is 0. The Balaban J connectivity index is 1.82. The van der Waals surface area contributed by atoms with E-state index in [0.717, 1.165) is 31.4 Å². The molecular weight excluding hydrogens is 207 g/mol. The first-order chi connectivity index (χ1) is 7.75. The van der Waals surface area contributed by atoms with E-state index in [-0.39, 0.29) is 5.82 Å². The molecule has 1 heterocycles. The van der Waals surface area contributed by atoms with Crippen molar-refractivity contribution in [3.63, 3.8) is 0 Å². The number of aliphatic hydroxyl groups is 1. The first-order valence-corrected chi connectivity index (χ1v) is 5.81. The zero-order valence-corrected chi connectivity index (χ0v) is 9.23. The summed E-state index contributed by atoms with van der Waals surface area (Å²) in [5.41, 5.74) is 0.777. The van der Waals surface area contributed by atoms with Crippen LogP contribution in [0, 0.1) is 5.82 Å². The van der Waals surface area contributed by atoms with Gasteiger partial charge in [-0.25, -0.2) is 4.39 Å². The Morgan fingerprint density at radius 3 is 2.75 bits per heavy atom. The summed E-state index contributed by atoms with van der Waals surface area (Å²) < 4.78 is 18.2. The molecule has 2 unspecified atom stereocenters. The Morgan fingerprint density at radius 2 is 2.12 bits per heavy atom. The minimum atomic E-state index is -0.509. The van der Waals surface area contributed by atoms with Gasteiger partial charge in [0.05, 0.1) is 12.2 Å². The lowest BCUT2D eigenvalue weighted by atomic mass is 10.0. The SMILES string of the molecule is OC(CCC1CCCO1)c1ccc(F)cc1. The maximum atomic E-state index is 12.7. The average Bonchev–Trinajstić information content (AvgIpc) is 2.80. The Kier molecular flexibility index (Phi) is 3.91. The predicted molar refractivity (Wildman–Crippen MR) is 59.6 cm³/mol. The first-order valence-electron chi connectivity index (χ1n) is 5.81. The number of rotatable bonds is 4. The molecule has 1 aromatic rings. The lowest BCUT2D eigenvalue weighted by molar-refractivity contribution is 0.0812. The van der Waals surface area contributed by atoms with Gasteiger partial charge in [-0.15, -0.1) is 0 Å². The van der Waals surface area contributed by atoms with Gasteiger partial charge in [-0.3, -0.25) is 0 Å². The van der Waals surface area contributed by atoms with E-state index < -0.39 is 6.10 Å². The van der Waals surface area contributed by atoms with Gasteiger partial charge in [-0.05, 0) is 43.4 Å². The molecule has 0 spiro atoms. The molecule has 1 aliphatic heterocycles. The van der Waals surface area contributed by atoms with Gasteiger partial charge < -0.3 is 9.84 Å². The molecular formula is C13H17FO2. The van der Waals surface area contributed by atoms with E-state index in [1.807, 2.05) is 0 Å². The van der Waals surface area contributed by atoms with Crippen molar-refractivity contribution in [2.45, 2.75) is 37.9 Å². The summed E-state index contributed by atoms with van der Waals surface area (Å²) in [6.45, 7) is 0.845. The summed E-state index contributed by atoms with van der Waals surface area (Å²) in [4.78, 5) is 0. The van der Waals surface area contributed by atoms with Crippen molar-refractivity contribution in [1.82, 2.24) is 0 Å². The van der Waals surface area contributed by atoms with Gasteiger partial charge in [-0.2, -0.15) is 0 Å². The fraction of sp³-hybridized carbons (Fsp3) is 0.538. The number of ether oxygens (including phenoxy) is 1. The van der Waals surface area contributed by atoms with Gasteiger partial charge in [-0.1, -0.05) is 12.1 Å². The summed E-state index contributed by atoms with van der Waals surface area (Å²) >= 11 is 0. The van der Waals surface area contributed by atoms with Gasteiger partial charge >= 0.3 is 0 Å². The zero-order chi connectivity index (χ0) is 11.4. The van der Waals surface area contributed by atoms with Crippen molar-refractivity contribution in [2.75, 3.05) is 6.61 Å². The number of benzene rings is 1. The third kappa shape index (κ3) is 3.03. The number of halogens is 1. The highest BCUT2D eigenvalue weighted by Crippen LogP contribution is 2.23. The lowest BCUT2D eigenvalue weighted by Crippen LogP contribution is -2.07. The van der Waals surface area contributed by atoms with E-state index >= 15 is 0 Å². The van der Waals surface area contributed by atoms with Crippen molar-refractivity contribution in [3.05, 3.63) is 35.6 Å². The average molecular weight is 224 g/mol. The second-order valence-electron chi connectivity index (χ2n) is 4.28. The summed E-state index contributed by atoms with van der Waals surface area (Å²) in [5, 5.41) is 9.89. The van der Waals surface area contributed by atoms with Crippen molar-refractivity contribution in [1.29, 1.82) is 0 Å². The molecule has 1 aromatic carbocycles. The van der Waals surface area contributed by atoms with E-state index in [2.05, 4.69) is 0 Å². The number of aliphatic hydroxyl groups excluding tert-OH is 1. The van der Waals surface area contributed by atoms with Gasteiger partial charge in [0, 0.05) is 6.61 Å². The van der Waals surface area contributed by atoms with Crippen LogP contribution in [0.15, 0.2) is 24.3 Å². The molecule has 0 aliphatic carbocycles. The van der Waals surface area contributed by atoms with Gasteiger partial charge in [0.1, 0.15) is 5.82 Å². The maximum Gasteiger partial charge on any atom is 0.123 e. The highest BCUT2D eigenvalue weighted by Gasteiger charge is 2.17. The smallest absolute Gasteiger partial charge is 0.123 e. The molecule has 0 saturated carbocycles. The normalized spacial score (nSPS) is 22.2. The van der Waals surface area contributed by atoms with Crippen LogP contribution < -0.4 is 0 Å². The van der Waals surface area contributed by atoms with Crippen LogP contribution in [0.1, 0.15) is 37.4 Å². The van der Waals surface area contributed by atoms with Gasteiger partial charge in [0.25, 0.3) is 0 Å². The molecule has 2 atom stereocenters. The minimum absolute atomic E-state index is 0.268. The molecule has 0 aromatic heterocycles. The quantitative estimate of drug-likeness (QED) is 0.852. The van der Waals surface area contributed by atoms with Crippen LogP contribution in [-0.2, 0) is 4.74 Å². The molecule has 1 saturated heterocycles. The van der Waals surface area contributed by atoms with Crippen LogP contribution in [0.3, 0.4) is 0 Å². The molecule has 2 rings (SSSR count).